The largest absolute Gasteiger partial charge is 0.303 e. The molecule has 6 nitrogen and oxygen atoms in total. The Morgan fingerprint density at radius 2 is 2.04 bits per heavy atom. The zero-order valence-corrected chi connectivity index (χ0v) is 14.8. The number of rotatable bonds is 4. The zero-order valence-electron chi connectivity index (χ0n) is 13.2. The standard InChI is InChI=1S/C15H20N4O2S2/c1-17(13-8-9-23(20,21)10-13)11-19-15(22)18(2)14(16-19)12-6-4-3-5-7-12/h3-7,13H,8-11H2,1-2H3. The van der Waals surface area contributed by atoms with Gasteiger partial charge in [-0.1, -0.05) is 30.3 Å². The minimum absolute atomic E-state index is 0.0316. The molecule has 0 radical (unpaired) electrons. The molecule has 0 bridgehead atoms. The van der Waals surface area contributed by atoms with Crippen LogP contribution in [0.25, 0.3) is 11.4 Å². The summed E-state index contributed by atoms with van der Waals surface area (Å²) in [5.74, 6) is 1.29. The Bertz CT molecular complexity index is 855. The molecule has 0 saturated carbocycles. The summed E-state index contributed by atoms with van der Waals surface area (Å²) in [5.41, 5.74) is 1.01. The van der Waals surface area contributed by atoms with Crippen LogP contribution in [0.15, 0.2) is 30.3 Å². The molecule has 1 aliphatic heterocycles. The fourth-order valence-corrected chi connectivity index (χ4v) is 4.86. The van der Waals surface area contributed by atoms with Crippen molar-refractivity contribution in [2.75, 3.05) is 18.6 Å². The van der Waals surface area contributed by atoms with E-state index in [1.165, 1.54) is 0 Å². The molecule has 1 aliphatic rings. The van der Waals surface area contributed by atoms with Gasteiger partial charge in [0.05, 0.1) is 18.2 Å². The first-order chi connectivity index (χ1) is 10.9. The number of benzene rings is 1. The lowest BCUT2D eigenvalue weighted by Gasteiger charge is -2.22. The fraction of sp³-hybridized carbons (Fsp3) is 0.467. The minimum Gasteiger partial charge on any atom is -0.303 e. The van der Waals surface area contributed by atoms with Crippen molar-refractivity contribution in [2.24, 2.45) is 7.05 Å². The van der Waals surface area contributed by atoms with Gasteiger partial charge < -0.3 is 4.57 Å². The summed E-state index contributed by atoms with van der Waals surface area (Å²) in [6, 6.07) is 9.91. The van der Waals surface area contributed by atoms with Crippen molar-refractivity contribution in [1.29, 1.82) is 0 Å². The van der Waals surface area contributed by atoms with Gasteiger partial charge in [0, 0.05) is 18.7 Å². The van der Waals surface area contributed by atoms with Crippen molar-refractivity contribution < 1.29 is 8.42 Å². The van der Waals surface area contributed by atoms with Crippen LogP contribution in [0.1, 0.15) is 6.42 Å². The highest BCUT2D eigenvalue weighted by Crippen LogP contribution is 2.19. The number of hydrogen-bond acceptors (Lipinski definition) is 5. The van der Waals surface area contributed by atoms with Crippen LogP contribution in [0.5, 0.6) is 0 Å². The molecular formula is C15H20N4O2S2. The molecule has 1 fully saturated rings. The van der Waals surface area contributed by atoms with Crippen LogP contribution in [-0.2, 0) is 23.6 Å². The SMILES string of the molecule is CN(Cn1nc(-c2ccccc2)n(C)c1=S)C1CCS(=O)(=O)C1. The highest BCUT2D eigenvalue weighted by atomic mass is 32.2. The highest BCUT2D eigenvalue weighted by molar-refractivity contribution is 7.91. The van der Waals surface area contributed by atoms with Gasteiger partial charge in [0.1, 0.15) is 0 Å². The van der Waals surface area contributed by atoms with E-state index in [0.29, 0.717) is 17.9 Å². The van der Waals surface area contributed by atoms with Gasteiger partial charge in [-0.2, -0.15) is 5.10 Å². The minimum atomic E-state index is -2.89. The van der Waals surface area contributed by atoms with Crippen molar-refractivity contribution in [3.05, 3.63) is 35.1 Å². The van der Waals surface area contributed by atoms with E-state index in [2.05, 4.69) is 5.10 Å². The number of sulfone groups is 1. The van der Waals surface area contributed by atoms with Gasteiger partial charge in [0.2, 0.25) is 0 Å². The topological polar surface area (TPSA) is 60.1 Å². The normalized spacial score (nSPS) is 20.2. The molecule has 3 rings (SSSR count). The molecule has 2 aromatic rings. The summed E-state index contributed by atoms with van der Waals surface area (Å²) >= 11 is 5.47. The van der Waals surface area contributed by atoms with Gasteiger partial charge in [-0.15, -0.1) is 0 Å². The molecule has 1 aromatic carbocycles. The van der Waals surface area contributed by atoms with Crippen LogP contribution < -0.4 is 0 Å². The second-order valence-electron chi connectivity index (χ2n) is 5.99. The van der Waals surface area contributed by atoms with Crippen LogP contribution in [0.4, 0.5) is 0 Å². The molecule has 1 aromatic heterocycles. The number of nitrogens with zero attached hydrogens (tertiary/aromatic N) is 4. The average molecular weight is 352 g/mol. The lowest BCUT2D eigenvalue weighted by atomic mass is 10.2. The summed E-state index contributed by atoms with van der Waals surface area (Å²) in [5, 5.41) is 4.61. The van der Waals surface area contributed by atoms with Gasteiger partial charge >= 0.3 is 0 Å². The Kier molecular flexibility index (Phi) is 4.39. The van der Waals surface area contributed by atoms with Crippen molar-refractivity contribution in [2.45, 2.75) is 19.1 Å². The summed E-state index contributed by atoms with van der Waals surface area (Å²) < 4.78 is 27.5. The van der Waals surface area contributed by atoms with Crippen molar-refractivity contribution in [3.8, 4) is 11.4 Å². The molecule has 1 atom stereocenters. The third kappa shape index (κ3) is 3.39. The molecule has 0 aliphatic carbocycles. The van der Waals surface area contributed by atoms with E-state index in [9.17, 15) is 8.42 Å². The Labute approximate surface area is 141 Å². The predicted octanol–water partition coefficient (Wildman–Crippen LogP) is 1.69. The summed E-state index contributed by atoms with van der Waals surface area (Å²) in [4.78, 5) is 2.02. The first-order valence-electron chi connectivity index (χ1n) is 7.47. The van der Waals surface area contributed by atoms with Gasteiger partial charge in [-0.3, -0.25) is 4.90 Å². The van der Waals surface area contributed by atoms with Crippen molar-refractivity contribution in [3.63, 3.8) is 0 Å². The second-order valence-corrected chi connectivity index (χ2v) is 8.58. The van der Waals surface area contributed by atoms with E-state index in [0.717, 1.165) is 11.4 Å². The second kappa shape index (κ2) is 6.18. The summed E-state index contributed by atoms with van der Waals surface area (Å²) in [7, 11) is 0.926. The maximum absolute atomic E-state index is 11.6. The number of hydrogen-bond donors (Lipinski definition) is 0. The Balaban J connectivity index is 1.83. The molecule has 0 N–H and O–H groups in total. The van der Waals surface area contributed by atoms with Crippen molar-refractivity contribution in [1.82, 2.24) is 19.2 Å². The van der Waals surface area contributed by atoms with Crippen LogP contribution in [0.3, 0.4) is 0 Å². The van der Waals surface area contributed by atoms with Crippen LogP contribution >= 0.6 is 12.2 Å². The van der Waals surface area contributed by atoms with Gasteiger partial charge in [0.25, 0.3) is 0 Å². The Hall–Kier alpha value is -1.51. The van der Waals surface area contributed by atoms with Gasteiger partial charge in [0.15, 0.2) is 20.4 Å². The first-order valence-corrected chi connectivity index (χ1v) is 9.70. The van der Waals surface area contributed by atoms with Crippen LogP contribution in [0, 0.1) is 4.77 Å². The molecule has 0 spiro atoms. The van der Waals surface area contributed by atoms with Gasteiger partial charge in [-0.25, -0.2) is 13.1 Å². The predicted molar refractivity (Wildman–Crippen MR) is 92.3 cm³/mol. The van der Waals surface area contributed by atoms with E-state index in [-0.39, 0.29) is 17.5 Å². The maximum Gasteiger partial charge on any atom is 0.199 e. The molecule has 2 heterocycles. The van der Waals surface area contributed by atoms with E-state index in [1.807, 2.05) is 53.9 Å². The van der Waals surface area contributed by atoms with E-state index in [1.54, 1.807) is 4.68 Å². The number of aromatic nitrogens is 3. The molecular weight excluding hydrogens is 332 g/mol. The highest BCUT2D eigenvalue weighted by Gasteiger charge is 2.30. The molecule has 124 valence electrons. The van der Waals surface area contributed by atoms with Crippen LogP contribution in [0.2, 0.25) is 0 Å². The Morgan fingerprint density at radius 1 is 1.35 bits per heavy atom. The lowest BCUT2D eigenvalue weighted by Crippen LogP contribution is -2.34. The average Bonchev–Trinajstić information content (AvgIpc) is 3.02. The monoisotopic (exact) mass is 352 g/mol. The quantitative estimate of drug-likeness (QED) is 0.784. The molecule has 23 heavy (non-hydrogen) atoms. The zero-order chi connectivity index (χ0) is 16.6. The van der Waals surface area contributed by atoms with Crippen molar-refractivity contribution >= 4 is 22.1 Å². The first kappa shape index (κ1) is 16.4. The molecule has 8 heteroatoms. The third-order valence-electron chi connectivity index (χ3n) is 4.26. The third-order valence-corrected chi connectivity index (χ3v) is 6.50. The Morgan fingerprint density at radius 3 is 2.65 bits per heavy atom. The van der Waals surface area contributed by atoms with Gasteiger partial charge in [-0.05, 0) is 25.7 Å². The summed E-state index contributed by atoms with van der Waals surface area (Å²) in [6.45, 7) is 0.486. The lowest BCUT2D eigenvalue weighted by molar-refractivity contribution is 0.196. The fourth-order valence-electron chi connectivity index (χ4n) is 2.87. The molecule has 0 amide bonds. The maximum atomic E-state index is 11.6. The summed E-state index contributed by atoms with van der Waals surface area (Å²) in [6.07, 6.45) is 0.671. The van der Waals surface area contributed by atoms with E-state index >= 15 is 0 Å². The van der Waals surface area contributed by atoms with Crippen LogP contribution in [-0.4, -0.2) is 52.3 Å². The molecule has 1 unspecified atom stereocenters. The molecule has 1 saturated heterocycles. The van der Waals surface area contributed by atoms with E-state index in [4.69, 9.17) is 12.2 Å². The van der Waals surface area contributed by atoms with E-state index < -0.39 is 9.84 Å². The smallest absolute Gasteiger partial charge is 0.199 e.